The molecule has 0 heterocycles. The lowest BCUT2D eigenvalue weighted by atomic mass is 9.90. The minimum absolute atomic E-state index is 0.00449. The molecule has 0 atom stereocenters. The SMILES string of the molecule is Cc1cccc(C(=S)c2cc3c(cc2O)C(OC(=O)O)=C3)c1. The van der Waals surface area contributed by atoms with E-state index in [2.05, 4.69) is 4.74 Å². The number of aryl methyl sites for hydroxylation is 1. The molecule has 5 heteroatoms. The highest BCUT2D eigenvalue weighted by molar-refractivity contribution is 7.81. The van der Waals surface area contributed by atoms with Gasteiger partial charge in [0, 0.05) is 11.1 Å². The number of benzene rings is 2. The van der Waals surface area contributed by atoms with Crippen molar-refractivity contribution in [2.45, 2.75) is 6.92 Å². The molecule has 0 radical (unpaired) electrons. The lowest BCUT2D eigenvalue weighted by Crippen LogP contribution is -2.09. The molecule has 0 aromatic heterocycles. The maximum Gasteiger partial charge on any atom is 0.511 e. The minimum Gasteiger partial charge on any atom is -0.507 e. The molecule has 3 rings (SSSR count). The van der Waals surface area contributed by atoms with Crippen LogP contribution < -0.4 is 0 Å². The van der Waals surface area contributed by atoms with E-state index >= 15 is 0 Å². The van der Waals surface area contributed by atoms with Gasteiger partial charge in [-0.2, -0.15) is 0 Å². The standard InChI is InChI=1S/C17H12O4S/c1-9-3-2-4-10(5-9)16(22)13-6-11-7-15(21-17(19)20)12(11)8-14(13)18/h2-8,18H,1H3,(H,19,20). The van der Waals surface area contributed by atoms with Crippen molar-refractivity contribution in [3.05, 3.63) is 64.2 Å². The second kappa shape index (κ2) is 5.27. The predicted octanol–water partition coefficient (Wildman–Crippen LogP) is 3.97. The van der Waals surface area contributed by atoms with E-state index in [0.717, 1.165) is 16.7 Å². The fourth-order valence-electron chi connectivity index (χ4n) is 2.38. The number of hydrogen-bond acceptors (Lipinski definition) is 4. The molecule has 22 heavy (non-hydrogen) atoms. The fraction of sp³-hybridized carbons (Fsp3) is 0.0588. The Morgan fingerprint density at radius 1 is 1.23 bits per heavy atom. The molecule has 0 bridgehead atoms. The van der Waals surface area contributed by atoms with E-state index in [1.54, 1.807) is 12.1 Å². The number of rotatable bonds is 3. The third-order valence-corrected chi connectivity index (χ3v) is 3.90. The zero-order chi connectivity index (χ0) is 15.9. The van der Waals surface area contributed by atoms with Crippen LogP contribution >= 0.6 is 12.2 Å². The van der Waals surface area contributed by atoms with Gasteiger partial charge in [-0.3, -0.25) is 0 Å². The third kappa shape index (κ3) is 2.46. The van der Waals surface area contributed by atoms with Crippen LogP contribution in [0.15, 0.2) is 36.4 Å². The Labute approximate surface area is 132 Å². The Kier molecular flexibility index (Phi) is 3.42. The quantitative estimate of drug-likeness (QED) is 0.510. The summed E-state index contributed by atoms with van der Waals surface area (Å²) in [7, 11) is 0. The molecule has 0 unspecified atom stereocenters. The maximum atomic E-state index is 10.5. The van der Waals surface area contributed by atoms with Crippen LogP contribution in [0.5, 0.6) is 5.75 Å². The number of aromatic hydroxyl groups is 1. The van der Waals surface area contributed by atoms with E-state index in [1.807, 2.05) is 31.2 Å². The van der Waals surface area contributed by atoms with Gasteiger partial charge in [-0.15, -0.1) is 0 Å². The van der Waals surface area contributed by atoms with Crippen LogP contribution in [0.4, 0.5) is 4.79 Å². The van der Waals surface area contributed by atoms with Gasteiger partial charge in [0.1, 0.15) is 11.5 Å². The average Bonchev–Trinajstić information content (AvgIpc) is 2.46. The molecule has 2 N–H and O–H groups in total. The highest BCUT2D eigenvalue weighted by Gasteiger charge is 2.24. The highest BCUT2D eigenvalue weighted by atomic mass is 32.1. The van der Waals surface area contributed by atoms with Gasteiger partial charge in [0.25, 0.3) is 0 Å². The Morgan fingerprint density at radius 2 is 2.00 bits per heavy atom. The number of carboxylic acid groups (broad SMARTS) is 1. The molecular formula is C17H12O4S. The second-order valence-electron chi connectivity index (χ2n) is 5.03. The van der Waals surface area contributed by atoms with Crippen LogP contribution in [0.3, 0.4) is 0 Å². The van der Waals surface area contributed by atoms with Crippen LogP contribution in [0.25, 0.3) is 11.8 Å². The van der Waals surface area contributed by atoms with Crippen molar-refractivity contribution in [1.29, 1.82) is 0 Å². The smallest absolute Gasteiger partial charge is 0.507 e. The van der Waals surface area contributed by atoms with Gasteiger partial charge in [-0.05, 0) is 36.3 Å². The van der Waals surface area contributed by atoms with Gasteiger partial charge in [0.15, 0.2) is 0 Å². The number of phenols is 1. The number of ether oxygens (including phenoxy) is 1. The average molecular weight is 312 g/mol. The van der Waals surface area contributed by atoms with Gasteiger partial charge in [-0.1, -0.05) is 42.0 Å². The van der Waals surface area contributed by atoms with E-state index in [0.29, 0.717) is 16.0 Å². The largest absolute Gasteiger partial charge is 0.511 e. The number of thiocarbonyl (C=S) groups is 1. The molecular weight excluding hydrogens is 300 g/mol. The first-order valence-corrected chi connectivity index (χ1v) is 6.98. The van der Waals surface area contributed by atoms with Crippen molar-refractivity contribution >= 4 is 35.1 Å². The maximum absolute atomic E-state index is 10.5. The zero-order valence-corrected chi connectivity index (χ0v) is 12.5. The number of phenolic OH excluding ortho intramolecular Hbond substituents is 1. The molecule has 0 saturated carbocycles. The van der Waals surface area contributed by atoms with Crippen LogP contribution in [-0.4, -0.2) is 21.2 Å². The number of fused-ring (bicyclic) bond motifs is 1. The lowest BCUT2D eigenvalue weighted by Gasteiger charge is -2.20. The van der Waals surface area contributed by atoms with Crippen LogP contribution in [-0.2, 0) is 4.74 Å². The van der Waals surface area contributed by atoms with Gasteiger partial charge in [0.05, 0.1) is 4.86 Å². The van der Waals surface area contributed by atoms with Crippen LogP contribution in [0.2, 0.25) is 0 Å². The highest BCUT2D eigenvalue weighted by Crippen LogP contribution is 2.38. The van der Waals surface area contributed by atoms with Crippen LogP contribution in [0.1, 0.15) is 27.8 Å². The van der Waals surface area contributed by atoms with Crippen molar-refractivity contribution < 1.29 is 19.7 Å². The first-order valence-electron chi connectivity index (χ1n) is 6.57. The van der Waals surface area contributed by atoms with E-state index in [9.17, 15) is 9.90 Å². The predicted molar refractivity (Wildman–Crippen MR) is 87.1 cm³/mol. The Bertz CT molecular complexity index is 837. The summed E-state index contributed by atoms with van der Waals surface area (Å²) in [6.45, 7) is 1.97. The topological polar surface area (TPSA) is 66.8 Å². The van der Waals surface area contributed by atoms with E-state index < -0.39 is 6.16 Å². The van der Waals surface area contributed by atoms with Gasteiger partial charge in [-0.25, -0.2) is 4.79 Å². The summed E-state index contributed by atoms with van der Waals surface area (Å²) in [5.74, 6) is 0.232. The van der Waals surface area contributed by atoms with E-state index in [1.165, 1.54) is 6.07 Å². The van der Waals surface area contributed by atoms with Crippen molar-refractivity contribution in [3.8, 4) is 5.75 Å². The summed E-state index contributed by atoms with van der Waals surface area (Å²) in [6, 6.07) is 10.9. The summed E-state index contributed by atoms with van der Waals surface area (Å²) in [6.07, 6.45) is 0.223. The molecule has 110 valence electrons. The second-order valence-corrected chi connectivity index (χ2v) is 5.44. The molecule has 0 fully saturated rings. The van der Waals surface area contributed by atoms with E-state index in [-0.39, 0.29) is 11.5 Å². The summed E-state index contributed by atoms with van der Waals surface area (Å²) < 4.78 is 4.60. The van der Waals surface area contributed by atoms with Crippen LogP contribution in [0, 0.1) is 6.92 Å². The molecule has 0 aliphatic heterocycles. The van der Waals surface area contributed by atoms with Gasteiger partial charge < -0.3 is 14.9 Å². The normalized spacial score (nSPS) is 12.0. The summed E-state index contributed by atoms with van der Waals surface area (Å²) >= 11 is 5.45. The van der Waals surface area contributed by atoms with Gasteiger partial charge in [0.2, 0.25) is 0 Å². The number of hydrogen-bond donors (Lipinski definition) is 2. The molecule has 2 aromatic rings. The fourth-order valence-corrected chi connectivity index (χ4v) is 2.67. The summed E-state index contributed by atoms with van der Waals surface area (Å²) in [5.41, 5.74) is 3.84. The molecule has 0 amide bonds. The van der Waals surface area contributed by atoms with Crippen molar-refractivity contribution in [1.82, 2.24) is 0 Å². The summed E-state index contributed by atoms with van der Waals surface area (Å²) in [4.78, 5) is 11.1. The Hall–Kier alpha value is -2.66. The first-order chi connectivity index (χ1) is 10.5. The molecule has 2 aromatic carbocycles. The zero-order valence-electron chi connectivity index (χ0n) is 11.7. The number of carbonyl (C=O) groups is 1. The minimum atomic E-state index is -1.38. The molecule has 0 saturated heterocycles. The van der Waals surface area contributed by atoms with Gasteiger partial charge >= 0.3 is 6.16 Å². The molecule has 1 aliphatic carbocycles. The lowest BCUT2D eigenvalue weighted by molar-refractivity contribution is 0.135. The monoisotopic (exact) mass is 312 g/mol. The Balaban J connectivity index is 1.95. The molecule has 4 nitrogen and oxygen atoms in total. The Morgan fingerprint density at radius 3 is 2.68 bits per heavy atom. The van der Waals surface area contributed by atoms with Crippen molar-refractivity contribution in [2.75, 3.05) is 0 Å². The summed E-state index contributed by atoms with van der Waals surface area (Å²) in [5, 5.41) is 18.8. The van der Waals surface area contributed by atoms with E-state index in [4.69, 9.17) is 17.3 Å². The molecule has 0 spiro atoms. The van der Waals surface area contributed by atoms with Crippen molar-refractivity contribution in [2.24, 2.45) is 0 Å². The third-order valence-electron chi connectivity index (χ3n) is 3.44. The van der Waals surface area contributed by atoms with Crippen molar-refractivity contribution in [3.63, 3.8) is 0 Å². The first kappa shape index (κ1) is 14.3. The molecule has 1 aliphatic rings.